The van der Waals surface area contributed by atoms with Crippen LogP contribution in [-0.4, -0.2) is 38.1 Å². The number of nitrogens with zero attached hydrogens (tertiary/aromatic N) is 1. The quantitative estimate of drug-likeness (QED) is 0.621. The highest BCUT2D eigenvalue weighted by Gasteiger charge is 2.33. The van der Waals surface area contributed by atoms with Gasteiger partial charge in [-0.15, -0.1) is 0 Å². The molecule has 2 aliphatic rings. The summed E-state index contributed by atoms with van der Waals surface area (Å²) in [5.74, 6) is 1.94. The molecular formula is C11H26N2. The molecule has 1 N–H and O–H groups in total. The summed E-state index contributed by atoms with van der Waals surface area (Å²) in [6.07, 6.45) is 0. The highest BCUT2D eigenvalue weighted by atomic mass is 15.2. The fourth-order valence-corrected chi connectivity index (χ4v) is 2.09. The van der Waals surface area contributed by atoms with Gasteiger partial charge < -0.3 is 10.2 Å². The molecule has 2 saturated heterocycles. The van der Waals surface area contributed by atoms with E-state index in [2.05, 4.69) is 17.3 Å². The molecule has 2 rings (SSSR count). The van der Waals surface area contributed by atoms with Gasteiger partial charge in [-0.25, -0.2) is 0 Å². The van der Waals surface area contributed by atoms with Crippen LogP contribution in [0.25, 0.3) is 0 Å². The highest BCUT2D eigenvalue weighted by molar-refractivity contribution is 4.89. The molecule has 0 saturated carbocycles. The fraction of sp³-hybridized carbons (Fsp3) is 1.00. The fourth-order valence-electron chi connectivity index (χ4n) is 2.09. The smallest absolute Gasteiger partial charge is 0.00225 e. The van der Waals surface area contributed by atoms with E-state index in [1.807, 2.05) is 27.7 Å². The third-order valence-corrected chi connectivity index (χ3v) is 2.57. The lowest BCUT2D eigenvalue weighted by atomic mass is 10.0. The molecule has 13 heavy (non-hydrogen) atoms. The number of rotatable bonds is 0. The number of fused-ring (bicyclic) bond motifs is 1. The minimum Gasteiger partial charge on any atom is -0.316 e. The summed E-state index contributed by atoms with van der Waals surface area (Å²) in [6.45, 7) is 13.2. The standard InChI is InChI=1S/C7H14N2.2C2H6/c1-9-4-6-2-8-3-7(6)5-9;2*1-2/h6-8H,2-5H2,1H3;2*1-2H3. The molecule has 0 bridgehead atoms. The van der Waals surface area contributed by atoms with Crippen LogP contribution < -0.4 is 5.32 Å². The predicted octanol–water partition coefficient (Wildman–Crippen LogP) is 1.82. The van der Waals surface area contributed by atoms with E-state index >= 15 is 0 Å². The summed E-state index contributed by atoms with van der Waals surface area (Å²) in [5.41, 5.74) is 0. The molecule has 2 atom stereocenters. The minimum absolute atomic E-state index is 0.968. The van der Waals surface area contributed by atoms with Crippen molar-refractivity contribution in [2.45, 2.75) is 27.7 Å². The van der Waals surface area contributed by atoms with E-state index in [-0.39, 0.29) is 0 Å². The lowest BCUT2D eigenvalue weighted by Crippen LogP contribution is -2.21. The van der Waals surface area contributed by atoms with Gasteiger partial charge in [-0.1, -0.05) is 27.7 Å². The van der Waals surface area contributed by atoms with Crippen molar-refractivity contribution < 1.29 is 0 Å². The summed E-state index contributed by atoms with van der Waals surface area (Å²) in [6, 6.07) is 0. The zero-order valence-electron chi connectivity index (χ0n) is 9.93. The van der Waals surface area contributed by atoms with Gasteiger partial charge in [0.05, 0.1) is 0 Å². The maximum atomic E-state index is 3.42. The van der Waals surface area contributed by atoms with Gasteiger partial charge in [-0.2, -0.15) is 0 Å². The number of nitrogens with one attached hydrogen (secondary N) is 1. The van der Waals surface area contributed by atoms with Crippen LogP contribution in [0.5, 0.6) is 0 Å². The summed E-state index contributed by atoms with van der Waals surface area (Å²) >= 11 is 0. The summed E-state index contributed by atoms with van der Waals surface area (Å²) < 4.78 is 0. The Bertz CT molecular complexity index is 103. The summed E-state index contributed by atoms with van der Waals surface area (Å²) in [7, 11) is 2.22. The van der Waals surface area contributed by atoms with Gasteiger partial charge >= 0.3 is 0 Å². The first-order valence-electron chi connectivity index (χ1n) is 5.75. The van der Waals surface area contributed by atoms with Crippen LogP contribution in [0.15, 0.2) is 0 Å². The molecule has 2 nitrogen and oxygen atoms in total. The minimum atomic E-state index is 0.968. The molecule has 0 aliphatic carbocycles. The van der Waals surface area contributed by atoms with Gasteiger partial charge in [0.1, 0.15) is 0 Å². The third kappa shape index (κ3) is 3.65. The lowest BCUT2D eigenvalue weighted by Gasteiger charge is -2.07. The van der Waals surface area contributed by atoms with E-state index in [4.69, 9.17) is 0 Å². The van der Waals surface area contributed by atoms with Crippen LogP contribution in [0.2, 0.25) is 0 Å². The molecule has 0 aromatic heterocycles. The maximum absolute atomic E-state index is 3.42. The van der Waals surface area contributed by atoms with E-state index in [9.17, 15) is 0 Å². The molecule has 80 valence electrons. The van der Waals surface area contributed by atoms with Crippen molar-refractivity contribution in [2.24, 2.45) is 11.8 Å². The number of hydrogen-bond acceptors (Lipinski definition) is 2. The number of likely N-dealkylation sites (tertiary alicyclic amines) is 1. The largest absolute Gasteiger partial charge is 0.316 e. The Morgan fingerprint density at radius 3 is 1.69 bits per heavy atom. The molecule has 0 radical (unpaired) electrons. The molecule has 0 spiro atoms. The van der Waals surface area contributed by atoms with Crippen molar-refractivity contribution in [3.8, 4) is 0 Å². The van der Waals surface area contributed by atoms with Gasteiger partial charge in [0.2, 0.25) is 0 Å². The molecule has 0 aromatic rings. The Morgan fingerprint density at radius 1 is 0.923 bits per heavy atom. The first kappa shape index (κ1) is 12.9. The molecule has 2 heterocycles. The summed E-state index contributed by atoms with van der Waals surface area (Å²) in [5, 5.41) is 3.42. The van der Waals surface area contributed by atoms with E-state index in [0.717, 1.165) is 11.8 Å². The van der Waals surface area contributed by atoms with Gasteiger partial charge in [0, 0.05) is 13.1 Å². The van der Waals surface area contributed by atoms with Gasteiger partial charge in [-0.05, 0) is 32.0 Å². The zero-order valence-corrected chi connectivity index (χ0v) is 9.93. The van der Waals surface area contributed by atoms with Crippen molar-refractivity contribution in [1.29, 1.82) is 0 Å². The average Bonchev–Trinajstić information content (AvgIpc) is 2.71. The zero-order chi connectivity index (χ0) is 10.3. The van der Waals surface area contributed by atoms with Crippen LogP contribution in [0.4, 0.5) is 0 Å². The van der Waals surface area contributed by atoms with Crippen LogP contribution in [-0.2, 0) is 0 Å². The normalized spacial score (nSPS) is 31.2. The van der Waals surface area contributed by atoms with Crippen LogP contribution in [0.1, 0.15) is 27.7 Å². The molecule has 2 unspecified atom stereocenters. The Kier molecular flexibility index (Phi) is 7.29. The third-order valence-electron chi connectivity index (χ3n) is 2.57. The summed E-state index contributed by atoms with van der Waals surface area (Å²) in [4.78, 5) is 2.44. The Hall–Kier alpha value is -0.0800. The molecular weight excluding hydrogens is 160 g/mol. The molecule has 2 heteroatoms. The van der Waals surface area contributed by atoms with Crippen LogP contribution >= 0.6 is 0 Å². The highest BCUT2D eigenvalue weighted by Crippen LogP contribution is 2.24. The van der Waals surface area contributed by atoms with E-state index in [1.54, 1.807) is 0 Å². The van der Waals surface area contributed by atoms with Gasteiger partial charge in [0.15, 0.2) is 0 Å². The second-order valence-corrected chi connectivity index (χ2v) is 3.40. The lowest BCUT2D eigenvalue weighted by molar-refractivity contribution is 0.382. The monoisotopic (exact) mass is 186 g/mol. The molecule has 0 amide bonds. The van der Waals surface area contributed by atoms with Crippen LogP contribution in [0.3, 0.4) is 0 Å². The van der Waals surface area contributed by atoms with E-state index in [0.29, 0.717) is 0 Å². The molecule has 0 aromatic carbocycles. The predicted molar refractivity (Wildman–Crippen MR) is 60.0 cm³/mol. The van der Waals surface area contributed by atoms with Crippen molar-refractivity contribution >= 4 is 0 Å². The van der Waals surface area contributed by atoms with Crippen LogP contribution in [0, 0.1) is 11.8 Å². The molecule has 2 fully saturated rings. The first-order valence-corrected chi connectivity index (χ1v) is 5.75. The Morgan fingerprint density at radius 2 is 1.31 bits per heavy atom. The van der Waals surface area contributed by atoms with E-state index < -0.39 is 0 Å². The van der Waals surface area contributed by atoms with Gasteiger partial charge in [0.25, 0.3) is 0 Å². The SMILES string of the molecule is CC.CC.CN1CC2CNCC2C1. The Balaban J connectivity index is 0.000000322. The Labute approximate surface area is 83.7 Å². The number of hydrogen-bond donors (Lipinski definition) is 1. The van der Waals surface area contributed by atoms with Crippen molar-refractivity contribution in [2.75, 3.05) is 33.2 Å². The maximum Gasteiger partial charge on any atom is 0.00225 e. The van der Waals surface area contributed by atoms with Crippen molar-refractivity contribution in [3.05, 3.63) is 0 Å². The van der Waals surface area contributed by atoms with Crippen molar-refractivity contribution in [1.82, 2.24) is 10.2 Å². The first-order chi connectivity index (χ1) is 6.36. The topological polar surface area (TPSA) is 15.3 Å². The molecule has 2 aliphatic heterocycles. The average molecular weight is 186 g/mol. The second kappa shape index (κ2) is 7.34. The van der Waals surface area contributed by atoms with E-state index in [1.165, 1.54) is 26.2 Å². The van der Waals surface area contributed by atoms with Gasteiger partial charge in [-0.3, -0.25) is 0 Å². The van der Waals surface area contributed by atoms with Crippen molar-refractivity contribution in [3.63, 3.8) is 0 Å². The second-order valence-electron chi connectivity index (χ2n) is 3.40.